The molecule has 0 saturated heterocycles. The fourth-order valence-corrected chi connectivity index (χ4v) is 1.86. The van der Waals surface area contributed by atoms with Gasteiger partial charge in [0.15, 0.2) is 0 Å². The van der Waals surface area contributed by atoms with Crippen molar-refractivity contribution in [1.29, 1.82) is 0 Å². The van der Waals surface area contributed by atoms with E-state index in [0.717, 1.165) is 0 Å². The van der Waals surface area contributed by atoms with Crippen molar-refractivity contribution in [2.75, 3.05) is 0 Å². The van der Waals surface area contributed by atoms with Gasteiger partial charge in [0.2, 0.25) is 0 Å². The normalized spacial score (nSPS) is 13.6. The van der Waals surface area contributed by atoms with Crippen LogP contribution < -0.4 is 0 Å². The van der Waals surface area contributed by atoms with Gasteiger partial charge in [-0.15, -0.1) is 0 Å². The number of rotatable bonds is 5. The fourth-order valence-electron chi connectivity index (χ4n) is 0.227. The van der Waals surface area contributed by atoms with Crippen molar-refractivity contribution in [3.8, 4) is 0 Å². The van der Waals surface area contributed by atoms with Gasteiger partial charge in [0.1, 0.15) is 0 Å². The molecule has 0 heterocycles. The van der Waals surface area contributed by atoms with E-state index in [9.17, 15) is 24.0 Å². The maximum atomic E-state index is 10.2. The van der Waals surface area contributed by atoms with Gasteiger partial charge in [-0.05, 0) is 0 Å². The van der Waals surface area contributed by atoms with Crippen LogP contribution >= 0.6 is 0 Å². The summed E-state index contributed by atoms with van der Waals surface area (Å²) < 4.78 is -0.417. The van der Waals surface area contributed by atoms with Crippen LogP contribution in [0.1, 0.15) is 0 Å². The van der Waals surface area contributed by atoms with E-state index >= 15 is 0 Å². The average Bonchev–Trinajstić information content (AvgIpc) is 2.12. The van der Waals surface area contributed by atoms with Crippen LogP contribution in [-0.2, 0) is 38.8 Å². The second kappa shape index (κ2) is 2.96. The first-order valence-electron chi connectivity index (χ1n) is 2.36. The Morgan fingerprint density at radius 3 is 0.727 bits per heavy atom. The minimum absolute atomic E-state index is 0.0833. The first-order chi connectivity index (χ1) is 5.12. The van der Waals surface area contributed by atoms with Gasteiger partial charge < -0.3 is 0 Å². The Balaban J connectivity index is 5.51. The molecule has 0 rings (SSSR count). The molecule has 0 aromatic heterocycles. The van der Waals surface area contributed by atoms with Crippen molar-refractivity contribution in [2.45, 2.75) is 0 Å². The van der Waals surface area contributed by atoms with Crippen LogP contribution in [0.25, 0.3) is 0 Å². The molecule has 0 unspecified atom stereocenters. The van der Waals surface area contributed by atoms with Gasteiger partial charge in [-0.25, -0.2) is 0 Å². The topological polar surface area (TPSA) is 85.3 Å². The van der Waals surface area contributed by atoms with Gasteiger partial charge in [0.25, 0.3) is 0 Å². The van der Waals surface area contributed by atoms with Crippen LogP contribution in [0.3, 0.4) is 0 Å². The number of carbonyl (C=O) groups excluding carboxylic acids is 5. The van der Waals surface area contributed by atoms with Crippen LogP contribution in [-0.4, -0.2) is 23.4 Å². The monoisotopic (exact) mass is 329 g/mol. The Labute approximate surface area is 62.6 Å². The zero-order chi connectivity index (χ0) is 8.98. The van der Waals surface area contributed by atoms with E-state index in [1.807, 2.05) is 0 Å². The molecule has 5 nitrogen and oxygen atoms in total. The van der Waals surface area contributed by atoms with Crippen molar-refractivity contribution in [3.63, 3.8) is 0 Å². The summed E-state index contributed by atoms with van der Waals surface area (Å²) in [5.74, 6) is 0. The van der Waals surface area contributed by atoms with Crippen LogP contribution in [0.2, 0.25) is 0 Å². The quantitative estimate of drug-likeness (QED) is 0.581. The van der Waals surface area contributed by atoms with E-state index in [1.54, 1.807) is 0 Å². The molecule has 0 aliphatic heterocycles. The Morgan fingerprint density at radius 2 is 0.727 bits per heavy atom. The Kier molecular flexibility index (Phi) is 2.70. The molecular weight excluding hydrogens is 324 g/mol. The summed E-state index contributed by atoms with van der Waals surface area (Å²) in [7, 11) is 0. The van der Waals surface area contributed by atoms with Gasteiger partial charge in [0, 0.05) is 0 Å². The molecule has 0 N–H and O–H groups in total. The minimum atomic E-state index is -5.45. The third-order valence-electron chi connectivity index (χ3n) is 1.11. The van der Waals surface area contributed by atoms with Gasteiger partial charge >= 0.3 is 62.2 Å². The standard InChI is InChI=1S/5CHO.W/c5*1-2;/h5*1H;. The molecule has 0 aliphatic rings. The summed E-state index contributed by atoms with van der Waals surface area (Å²) in [5.41, 5.74) is 0. The van der Waals surface area contributed by atoms with Crippen molar-refractivity contribution >= 4 is 23.4 Å². The summed E-state index contributed by atoms with van der Waals surface area (Å²) in [6.45, 7) is 0. The van der Waals surface area contributed by atoms with E-state index in [1.165, 1.54) is 0 Å². The van der Waals surface area contributed by atoms with Crippen LogP contribution in [0.4, 0.5) is 0 Å². The van der Waals surface area contributed by atoms with Crippen LogP contribution in [0, 0.1) is 0 Å². The van der Waals surface area contributed by atoms with E-state index in [4.69, 9.17) is 0 Å². The molecule has 6 heteroatoms. The average molecular weight is 329 g/mol. The molecule has 0 aromatic carbocycles. The van der Waals surface area contributed by atoms with E-state index in [0.29, 0.717) is 0 Å². The number of hydrogen-bond acceptors (Lipinski definition) is 5. The van der Waals surface area contributed by atoms with E-state index in [-0.39, 0.29) is 23.4 Å². The van der Waals surface area contributed by atoms with Crippen molar-refractivity contribution in [1.82, 2.24) is 0 Å². The second-order valence-electron chi connectivity index (χ2n) is 1.84. The third-order valence-corrected chi connectivity index (χ3v) is 9.09. The molecule has 0 saturated carbocycles. The summed E-state index contributed by atoms with van der Waals surface area (Å²) in [4.78, 5) is 51.2. The Bertz CT molecular complexity index is 169. The first kappa shape index (κ1) is 10.0. The molecule has 0 amide bonds. The van der Waals surface area contributed by atoms with Crippen LogP contribution in [0.5, 0.6) is 0 Å². The molecular formula is C5H5O5W. The summed E-state index contributed by atoms with van der Waals surface area (Å²) in [5, 5.41) is 0. The Hall–Kier alpha value is -0.962. The van der Waals surface area contributed by atoms with Crippen molar-refractivity contribution in [2.24, 2.45) is 0 Å². The molecule has 11 heavy (non-hydrogen) atoms. The predicted octanol–water partition coefficient (Wildman–Crippen LogP) is -1.37. The van der Waals surface area contributed by atoms with Crippen LogP contribution in [0.15, 0.2) is 0 Å². The van der Waals surface area contributed by atoms with E-state index in [2.05, 4.69) is 0 Å². The van der Waals surface area contributed by atoms with Gasteiger partial charge in [-0.3, -0.25) is 0 Å². The molecule has 0 bridgehead atoms. The first-order valence-corrected chi connectivity index (χ1v) is 10.8. The van der Waals surface area contributed by atoms with Gasteiger partial charge in [-0.1, -0.05) is 0 Å². The van der Waals surface area contributed by atoms with Crippen molar-refractivity contribution < 1.29 is 38.8 Å². The van der Waals surface area contributed by atoms with E-state index < -0.39 is 14.8 Å². The molecule has 0 spiro atoms. The summed E-state index contributed by atoms with van der Waals surface area (Å²) in [6.07, 6.45) is 0. The Morgan fingerprint density at radius 1 is 0.545 bits per heavy atom. The summed E-state index contributed by atoms with van der Waals surface area (Å²) in [6, 6.07) is 0. The molecule has 0 fully saturated rings. The molecule has 0 aromatic rings. The fraction of sp³-hybridized carbons (Fsp3) is 0. The number of carbonyl (C=O) groups is 5. The molecule has 0 atom stereocenters. The molecule has 61 valence electrons. The third kappa shape index (κ3) is 1.24. The summed E-state index contributed by atoms with van der Waals surface area (Å²) >= 11 is -5.45. The van der Waals surface area contributed by atoms with Gasteiger partial charge in [0.05, 0.1) is 0 Å². The molecule has 0 radical (unpaired) electrons. The van der Waals surface area contributed by atoms with Crippen molar-refractivity contribution in [3.05, 3.63) is 0 Å². The SMILES string of the molecule is O=[CH][W]([CH]=O)([CH]=O)([CH]=O)[CH]=O. The zero-order valence-electron chi connectivity index (χ0n) is 5.34. The second-order valence-corrected chi connectivity index (χ2v) is 15.1. The van der Waals surface area contributed by atoms with Gasteiger partial charge in [-0.2, -0.15) is 0 Å². The predicted molar refractivity (Wildman–Crippen MR) is 33.8 cm³/mol. The number of hydrogen-bond donors (Lipinski definition) is 0. The maximum absolute atomic E-state index is 10.2. The zero-order valence-corrected chi connectivity index (χ0v) is 8.27. The molecule has 0 aliphatic carbocycles.